The van der Waals surface area contributed by atoms with Crippen molar-refractivity contribution in [2.75, 3.05) is 51.4 Å². The van der Waals surface area contributed by atoms with E-state index < -0.39 is 0 Å². The Morgan fingerprint density at radius 1 is 1.19 bits per heavy atom. The summed E-state index contributed by atoms with van der Waals surface area (Å²) in [7, 11) is 1.67. The van der Waals surface area contributed by atoms with Gasteiger partial charge in [-0.1, -0.05) is 0 Å². The highest BCUT2D eigenvalue weighted by Gasteiger charge is 2.30. The van der Waals surface area contributed by atoms with E-state index in [1.165, 1.54) is 0 Å². The largest absolute Gasteiger partial charge is 0.497 e. The van der Waals surface area contributed by atoms with Gasteiger partial charge in [-0.3, -0.25) is 4.79 Å². The van der Waals surface area contributed by atoms with Gasteiger partial charge in [-0.05, 0) is 43.2 Å². The maximum Gasteiger partial charge on any atom is 0.227 e. The number of anilines is 1. The summed E-state index contributed by atoms with van der Waals surface area (Å²) < 4.78 is 10.6. The van der Waals surface area contributed by atoms with Crippen molar-refractivity contribution in [3.63, 3.8) is 0 Å². The third kappa shape index (κ3) is 3.46. The van der Waals surface area contributed by atoms with Crippen LogP contribution >= 0.6 is 0 Å². The Morgan fingerprint density at radius 3 is 2.85 bits per heavy atom. The molecule has 2 aliphatic rings. The molecule has 1 amide bonds. The first kappa shape index (κ1) is 17.1. The van der Waals surface area contributed by atoms with Crippen LogP contribution in [0, 0.1) is 5.92 Å². The maximum absolute atomic E-state index is 12.8. The molecule has 1 unspecified atom stereocenters. The van der Waals surface area contributed by atoms with Crippen LogP contribution in [-0.4, -0.2) is 62.3 Å². The molecular formula is C20H25N3O3. The van der Waals surface area contributed by atoms with Gasteiger partial charge < -0.3 is 19.3 Å². The van der Waals surface area contributed by atoms with Crippen LogP contribution in [0.4, 0.5) is 5.82 Å². The quantitative estimate of drug-likeness (QED) is 0.846. The Balaban J connectivity index is 1.50. The third-order valence-electron chi connectivity index (χ3n) is 5.30. The second kappa shape index (κ2) is 7.50. The average molecular weight is 355 g/mol. The van der Waals surface area contributed by atoms with Crippen molar-refractivity contribution in [2.45, 2.75) is 12.8 Å². The number of morpholine rings is 1. The third-order valence-corrected chi connectivity index (χ3v) is 5.30. The van der Waals surface area contributed by atoms with Gasteiger partial charge >= 0.3 is 0 Å². The Bertz CT molecular complexity index is 789. The van der Waals surface area contributed by atoms with Crippen molar-refractivity contribution in [1.82, 2.24) is 9.88 Å². The SMILES string of the molecule is COc1ccc2nc(N3CCCC(C(=O)N4CCOCC4)C3)ccc2c1. The van der Waals surface area contributed by atoms with Crippen LogP contribution in [0.5, 0.6) is 5.75 Å². The number of amides is 1. The van der Waals surface area contributed by atoms with Crippen LogP contribution in [0.3, 0.4) is 0 Å². The zero-order chi connectivity index (χ0) is 17.9. The molecule has 2 saturated heterocycles. The number of methoxy groups -OCH3 is 1. The molecule has 26 heavy (non-hydrogen) atoms. The molecule has 2 aliphatic heterocycles. The molecule has 2 fully saturated rings. The zero-order valence-corrected chi connectivity index (χ0v) is 15.2. The molecule has 4 rings (SSSR count). The van der Waals surface area contributed by atoms with Gasteiger partial charge in [0, 0.05) is 31.6 Å². The number of carbonyl (C=O) groups is 1. The number of benzene rings is 1. The summed E-state index contributed by atoms with van der Waals surface area (Å²) in [5.41, 5.74) is 0.949. The first-order valence-corrected chi connectivity index (χ1v) is 9.31. The lowest BCUT2D eigenvalue weighted by molar-refractivity contribution is -0.139. The van der Waals surface area contributed by atoms with Crippen molar-refractivity contribution in [3.8, 4) is 5.75 Å². The lowest BCUT2D eigenvalue weighted by Gasteiger charge is -2.36. The molecule has 138 valence electrons. The summed E-state index contributed by atoms with van der Waals surface area (Å²) in [5.74, 6) is 2.10. The van der Waals surface area contributed by atoms with Crippen LogP contribution in [0.15, 0.2) is 30.3 Å². The topological polar surface area (TPSA) is 54.9 Å². The normalized spacial score (nSPS) is 21.0. The number of fused-ring (bicyclic) bond motifs is 1. The summed E-state index contributed by atoms with van der Waals surface area (Å²) in [6.07, 6.45) is 1.97. The highest BCUT2D eigenvalue weighted by molar-refractivity contribution is 5.82. The van der Waals surface area contributed by atoms with E-state index in [9.17, 15) is 4.79 Å². The predicted molar refractivity (Wildman–Crippen MR) is 101 cm³/mol. The van der Waals surface area contributed by atoms with E-state index >= 15 is 0 Å². The van der Waals surface area contributed by atoms with E-state index in [0.29, 0.717) is 26.3 Å². The smallest absolute Gasteiger partial charge is 0.227 e. The van der Waals surface area contributed by atoms with Gasteiger partial charge in [-0.2, -0.15) is 0 Å². The first-order chi connectivity index (χ1) is 12.7. The molecule has 0 spiro atoms. The minimum atomic E-state index is 0.0511. The summed E-state index contributed by atoms with van der Waals surface area (Å²) in [4.78, 5) is 21.8. The van der Waals surface area contributed by atoms with Crippen LogP contribution in [-0.2, 0) is 9.53 Å². The molecule has 0 saturated carbocycles. The predicted octanol–water partition coefficient (Wildman–Crippen LogP) is 2.32. The number of rotatable bonds is 3. The second-order valence-electron chi connectivity index (χ2n) is 6.95. The number of nitrogens with zero attached hydrogens (tertiary/aromatic N) is 3. The van der Waals surface area contributed by atoms with Crippen LogP contribution < -0.4 is 9.64 Å². The molecule has 3 heterocycles. The number of pyridine rings is 1. The zero-order valence-electron chi connectivity index (χ0n) is 15.2. The number of hydrogen-bond acceptors (Lipinski definition) is 5. The fraction of sp³-hybridized carbons (Fsp3) is 0.500. The molecule has 0 N–H and O–H groups in total. The van der Waals surface area contributed by atoms with E-state index in [1.54, 1.807) is 7.11 Å². The minimum Gasteiger partial charge on any atom is -0.497 e. The molecule has 0 aliphatic carbocycles. The van der Waals surface area contributed by atoms with Gasteiger partial charge in [0.05, 0.1) is 31.8 Å². The molecule has 1 atom stereocenters. The fourth-order valence-corrected chi connectivity index (χ4v) is 3.82. The van der Waals surface area contributed by atoms with Crippen molar-refractivity contribution < 1.29 is 14.3 Å². The monoisotopic (exact) mass is 355 g/mol. The molecule has 6 nitrogen and oxygen atoms in total. The molecular weight excluding hydrogens is 330 g/mol. The van der Waals surface area contributed by atoms with Crippen molar-refractivity contribution >= 4 is 22.6 Å². The van der Waals surface area contributed by atoms with Crippen molar-refractivity contribution in [2.24, 2.45) is 5.92 Å². The molecule has 1 aromatic carbocycles. The highest BCUT2D eigenvalue weighted by atomic mass is 16.5. The second-order valence-corrected chi connectivity index (χ2v) is 6.95. The summed E-state index contributed by atoms with van der Waals surface area (Å²) >= 11 is 0. The number of ether oxygens (including phenoxy) is 2. The van der Waals surface area contributed by atoms with Crippen molar-refractivity contribution in [1.29, 1.82) is 0 Å². The number of hydrogen-bond donors (Lipinski definition) is 0. The van der Waals surface area contributed by atoms with Crippen LogP contribution in [0.25, 0.3) is 10.9 Å². The summed E-state index contributed by atoms with van der Waals surface area (Å²) in [5, 5.41) is 1.06. The van der Waals surface area contributed by atoms with Gasteiger partial charge in [-0.25, -0.2) is 4.98 Å². The van der Waals surface area contributed by atoms with E-state index in [0.717, 1.165) is 48.4 Å². The lowest BCUT2D eigenvalue weighted by Crippen LogP contribution is -2.48. The van der Waals surface area contributed by atoms with E-state index in [4.69, 9.17) is 14.5 Å². The minimum absolute atomic E-state index is 0.0511. The van der Waals surface area contributed by atoms with Gasteiger partial charge in [-0.15, -0.1) is 0 Å². The highest BCUT2D eigenvalue weighted by Crippen LogP contribution is 2.26. The van der Waals surface area contributed by atoms with Gasteiger partial charge in [0.15, 0.2) is 0 Å². The summed E-state index contributed by atoms with van der Waals surface area (Å²) in [6.45, 7) is 4.42. The summed E-state index contributed by atoms with van der Waals surface area (Å²) in [6, 6.07) is 10.0. The molecule has 1 aromatic heterocycles. The molecule has 0 radical (unpaired) electrons. The number of aromatic nitrogens is 1. The standard InChI is InChI=1S/C20H25N3O3/c1-25-17-5-6-18-15(13-17)4-7-19(21-18)23-8-2-3-16(14-23)20(24)22-9-11-26-12-10-22/h4-7,13,16H,2-3,8-12,14H2,1H3. The Morgan fingerprint density at radius 2 is 2.04 bits per heavy atom. The fourth-order valence-electron chi connectivity index (χ4n) is 3.82. The van der Waals surface area contributed by atoms with E-state index in [-0.39, 0.29) is 11.8 Å². The Labute approximate surface area is 153 Å². The Hall–Kier alpha value is -2.34. The van der Waals surface area contributed by atoms with Gasteiger partial charge in [0.1, 0.15) is 11.6 Å². The van der Waals surface area contributed by atoms with Gasteiger partial charge in [0.2, 0.25) is 5.91 Å². The first-order valence-electron chi connectivity index (χ1n) is 9.31. The van der Waals surface area contributed by atoms with Crippen LogP contribution in [0.2, 0.25) is 0 Å². The number of carbonyl (C=O) groups excluding carboxylic acids is 1. The molecule has 0 bridgehead atoms. The average Bonchev–Trinajstić information content (AvgIpc) is 2.73. The molecule has 6 heteroatoms. The number of piperidine rings is 1. The maximum atomic E-state index is 12.8. The van der Waals surface area contributed by atoms with Crippen LogP contribution in [0.1, 0.15) is 12.8 Å². The molecule has 2 aromatic rings. The van der Waals surface area contributed by atoms with Gasteiger partial charge in [0.25, 0.3) is 0 Å². The Kier molecular flexibility index (Phi) is 4.93. The lowest BCUT2D eigenvalue weighted by atomic mass is 9.96. The van der Waals surface area contributed by atoms with Crippen molar-refractivity contribution in [3.05, 3.63) is 30.3 Å². The van der Waals surface area contributed by atoms with E-state index in [2.05, 4.69) is 11.0 Å². The van der Waals surface area contributed by atoms with E-state index in [1.807, 2.05) is 29.2 Å².